The van der Waals surface area contributed by atoms with Crippen LogP contribution in [0.15, 0.2) is 47.1 Å². The number of aromatic nitrogens is 2. The fourth-order valence-corrected chi connectivity index (χ4v) is 2.63. The highest BCUT2D eigenvalue weighted by Gasteiger charge is 2.11. The zero-order valence-corrected chi connectivity index (χ0v) is 15.2. The quantitative estimate of drug-likeness (QED) is 0.684. The van der Waals surface area contributed by atoms with E-state index in [0.29, 0.717) is 31.0 Å². The number of rotatable bonds is 7. The van der Waals surface area contributed by atoms with Crippen LogP contribution in [0.1, 0.15) is 29.0 Å². The summed E-state index contributed by atoms with van der Waals surface area (Å²) < 4.78 is 23.6. The molecule has 140 valence electrons. The van der Waals surface area contributed by atoms with Gasteiger partial charge in [0.05, 0.1) is 5.69 Å². The molecule has 27 heavy (non-hydrogen) atoms. The normalized spacial score (nSPS) is 10.6. The molecule has 0 aliphatic rings. The molecule has 7 heteroatoms. The lowest BCUT2D eigenvalue weighted by Gasteiger charge is -2.08. The molecule has 0 spiro atoms. The highest BCUT2D eigenvalue weighted by molar-refractivity contribution is 5.76. The summed E-state index contributed by atoms with van der Waals surface area (Å²) in [5.74, 6) is 1.22. The van der Waals surface area contributed by atoms with Gasteiger partial charge in [-0.2, -0.15) is 0 Å². The largest absolute Gasteiger partial charge is 0.439 e. The van der Waals surface area contributed by atoms with E-state index < -0.39 is 0 Å². The Bertz CT molecular complexity index is 903. The van der Waals surface area contributed by atoms with Gasteiger partial charge in [-0.05, 0) is 56.2 Å². The lowest BCUT2D eigenvalue weighted by atomic mass is 10.1. The topological polar surface area (TPSA) is 77.3 Å². The van der Waals surface area contributed by atoms with Crippen molar-refractivity contribution in [3.63, 3.8) is 0 Å². The molecule has 0 atom stereocenters. The highest BCUT2D eigenvalue weighted by Crippen LogP contribution is 2.20. The Hall–Kier alpha value is -3.22. The van der Waals surface area contributed by atoms with E-state index in [4.69, 9.17) is 9.26 Å². The lowest BCUT2D eigenvalue weighted by molar-refractivity contribution is -0.121. The Labute approximate surface area is 156 Å². The first-order chi connectivity index (χ1) is 13.0. The van der Waals surface area contributed by atoms with Crippen LogP contribution in [-0.2, 0) is 17.8 Å². The van der Waals surface area contributed by atoms with Crippen LogP contribution in [-0.4, -0.2) is 16.0 Å². The van der Waals surface area contributed by atoms with Crippen molar-refractivity contribution in [2.75, 3.05) is 0 Å². The summed E-state index contributed by atoms with van der Waals surface area (Å²) in [6, 6.07) is 9.22. The number of pyridine rings is 1. The van der Waals surface area contributed by atoms with Crippen LogP contribution in [0.25, 0.3) is 0 Å². The minimum absolute atomic E-state index is 0.0622. The van der Waals surface area contributed by atoms with E-state index in [2.05, 4.69) is 15.5 Å². The van der Waals surface area contributed by atoms with Crippen molar-refractivity contribution in [2.45, 2.75) is 33.2 Å². The number of halogens is 1. The van der Waals surface area contributed by atoms with E-state index >= 15 is 0 Å². The second kappa shape index (κ2) is 8.44. The van der Waals surface area contributed by atoms with Gasteiger partial charge in [0.2, 0.25) is 11.8 Å². The van der Waals surface area contributed by atoms with Crippen molar-refractivity contribution >= 4 is 5.91 Å². The van der Waals surface area contributed by atoms with Crippen LogP contribution >= 0.6 is 0 Å². The third kappa shape index (κ3) is 5.13. The Kier molecular flexibility index (Phi) is 5.80. The zero-order valence-electron chi connectivity index (χ0n) is 15.2. The molecular formula is C20H20FN3O3. The second-order valence-corrected chi connectivity index (χ2v) is 6.14. The maximum absolute atomic E-state index is 12.9. The Morgan fingerprint density at radius 1 is 1.22 bits per heavy atom. The summed E-state index contributed by atoms with van der Waals surface area (Å²) >= 11 is 0. The number of benzene rings is 1. The number of carbonyl (C=O) groups excluding carboxylic acids is 1. The Morgan fingerprint density at radius 3 is 2.70 bits per heavy atom. The smallest absolute Gasteiger partial charge is 0.220 e. The molecule has 0 saturated carbocycles. The molecular weight excluding hydrogens is 349 g/mol. The number of ether oxygens (including phenoxy) is 1. The summed E-state index contributed by atoms with van der Waals surface area (Å²) in [6.07, 6.45) is 2.54. The Morgan fingerprint density at radius 2 is 2.00 bits per heavy atom. The minimum Gasteiger partial charge on any atom is -0.439 e. The molecule has 0 bridgehead atoms. The average molecular weight is 369 g/mol. The Balaban J connectivity index is 1.52. The molecule has 0 saturated heterocycles. The van der Waals surface area contributed by atoms with E-state index in [0.717, 1.165) is 22.6 Å². The van der Waals surface area contributed by atoms with Gasteiger partial charge >= 0.3 is 0 Å². The van der Waals surface area contributed by atoms with Gasteiger partial charge in [-0.1, -0.05) is 5.16 Å². The summed E-state index contributed by atoms with van der Waals surface area (Å²) in [5, 5.41) is 6.76. The molecule has 2 heterocycles. The van der Waals surface area contributed by atoms with Gasteiger partial charge in [-0.15, -0.1) is 0 Å². The van der Waals surface area contributed by atoms with E-state index in [-0.39, 0.29) is 11.7 Å². The summed E-state index contributed by atoms with van der Waals surface area (Å²) in [6.45, 7) is 4.07. The maximum Gasteiger partial charge on any atom is 0.220 e. The van der Waals surface area contributed by atoms with Crippen LogP contribution in [0.5, 0.6) is 11.6 Å². The van der Waals surface area contributed by atoms with Crippen molar-refractivity contribution in [1.82, 2.24) is 15.5 Å². The zero-order chi connectivity index (χ0) is 19.2. The summed E-state index contributed by atoms with van der Waals surface area (Å²) in [5.41, 5.74) is 2.65. The minimum atomic E-state index is -0.330. The van der Waals surface area contributed by atoms with Gasteiger partial charge in [0.1, 0.15) is 17.3 Å². The number of hydrogen-bond acceptors (Lipinski definition) is 5. The fourth-order valence-electron chi connectivity index (χ4n) is 2.63. The number of amides is 1. The number of aryl methyl sites for hydroxylation is 2. The van der Waals surface area contributed by atoms with Gasteiger partial charge in [0, 0.05) is 30.8 Å². The molecule has 0 aliphatic heterocycles. The first-order valence-electron chi connectivity index (χ1n) is 8.58. The second-order valence-electron chi connectivity index (χ2n) is 6.14. The maximum atomic E-state index is 12.9. The first-order valence-corrected chi connectivity index (χ1v) is 8.58. The monoisotopic (exact) mass is 369 g/mol. The molecule has 2 aromatic heterocycles. The molecule has 1 N–H and O–H groups in total. The predicted octanol–water partition coefficient (Wildman–Crippen LogP) is 3.87. The van der Waals surface area contributed by atoms with Crippen molar-refractivity contribution in [3.05, 3.63) is 71.0 Å². The van der Waals surface area contributed by atoms with E-state index in [9.17, 15) is 9.18 Å². The van der Waals surface area contributed by atoms with Crippen molar-refractivity contribution < 1.29 is 18.4 Å². The van der Waals surface area contributed by atoms with E-state index in [1.807, 2.05) is 13.8 Å². The molecule has 0 fully saturated rings. The molecule has 1 amide bonds. The van der Waals surface area contributed by atoms with Crippen LogP contribution in [0, 0.1) is 19.7 Å². The summed E-state index contributed by atoms with van der Waals surface area (Å²) in [4.78, 5) is 16.2. The standard InChI is InChI=1S/C20H20FN3O3/c1-13-18(14(2)27-24-13)7-8-19(25)23-12-15-9-10-22-20(11-15)26-17-5-3-16(21)4-6-17/h3-6,9-11H,7-8,12H2,1-2H3,(H,23,25). The number of carbonyl (C=O) groups is 1. The van der Waals surface area contributed by atoms with Gasteiger partial charge in [0.15, 0.2) is 0 Å². The molecule has 0 unspecified atom stereocenters. The van der Waals surface area contributed by atoms with Gasteiger partial charge < -0.3 is 14.6 Å². The number of hydrogen-bond donors (Lipinski definition) is 1. The predicted molar refractivity (Wildman–Crippen MR) is 96.9 cm³/mol. The average Bonchev–Trinajstić information content (AvgIpc) is 2.98. The van der Waals surface area contributed by atoms with E-state index in [1.54, 1.807) is 18.3 Å². The van der Waals surface area contributed by atoms with E-state index in [1.165, 1.54) is 24.3 Å². The number of nitrogens with one attached hydrogen (secondary N) is 1. The third-order valence-electron chi connectivity index (χ3n) is 4.11. The third-order valence-corrected chi connectivity index (χ3v) is 4.11. The van der Waals surface area contributed by atoms with Gasteiger partial charge in [-0.25, -0.2) is 9.37 Å². The molecule has 3 aromatic rings. The first kappa shape index (κ1) is 18.6. The van der Waals surface area contributed by atoms with Crippen LogP contribution in [0.3, 0.4) is 0 Å². The van der Waals surface area contributed by atoms with Crippen molar-refractivity contribution in [1.29, 1.82) is 0 Å². The molecule has 0 radical (unpaired) electrons. The molecule has 0 aliphatic carbocycles. The van der Waals surface area contributed by atoms with Crippen LogP contribution < -0.4 is 10.1 Å². The van der Waals surface area contributed by atoms with Crippen molar-refractivity contribution in [2.24, 2.45) is 0 Å². The van der Waals surface area contributed by atoms with Crippen LogP contribution in [0.2, 0.25) is 0 Å². The van der Waals surface area contributed by atoms with Crippen LogP contribution in [0.4, 0.5) is 4.39 Å². The highest BCUT2D eigenvalue weighted by atomic mass is 19.1. The molecule has 3 rings (SSSR count). The lowest BCUT2D eigenvalue weighted by Crippen LogP contribution is -2.23. The van der Waals surface area contributed by atoms with Gasteiger partial charge in [0.25, 0.3) is 0 Å². The molecule has 1 aromatic carbocycles. The van der Waals surface area contributed by atoms with Crippen molar-refractivity contribution in [3.8, 4) is 11.6 Å². The van der Waals surface area contributed by atoms with Gasteiger partial charge in [-0.3, -0.25) is 4.79 Å². The summed E-state index contributed by atoms with van der Waals surface area (Å²) in [7, 11) is 0. The number of nitrogens with zero attached hydrogens (tertiary/aromatic N) is 2. The SMILES string of the molecule is Cc1noc(C)c1CCC(=O)NCc1ccnc(Oc2ccc(F)cc2)c1. The molecule has 6 nitrogen and oxygen atoms in total. The fraction of sp³-hybridized carbons (Fsp3) is 0.250.